The van der Waals surface area contributed by atoms with E-state index in [1.54, 1.807) is 29.3 Å². The first-order chi connectivity index (χ1) is 11.3. The maximum absolute atomic E-state index is 12.4. The van der Waals surface area contributed by atoms with E-state index in [-0.39, 0.29) is 12.0 Å². The summed E-state index contributed by atoms with van der Waals surface area (Å²) in [6.07, 6.45) is 5.28. The molecular formula is C17H17N3O3. The first-order valence-electron chi connectivity index (χ1n) is 7.35. The zero-order valence-corrected chi connectivity index (χ0v) is 12.6. The highest BCUT2D eigenvalue weighted by Gasteiger charge is 2.27. The third-order valence-corrected chi connectivity index (χ3v) is 3.49. The van der Waals surface area contributed by atoms with Gasteiger partial charge in [0, 0.05) is 19.2 Å². The third kappa shape index (κ3) is 3.48. The Labute approximate surface area is 134 Å². The first-order valence-corrected chi connectivity index (χ1v) is 7.35. The molecule has 0 aromatic carbocycles. The SMILES string of the molecule is C=CCN(CC1CC(c2ccccn2)=NO1)C(=O)c1ccco1. The normalized spacial score (nSPS) is 16.5. The Kier molecular flexibility index (Phi) is 4.52. The molecule has 1 aliphatic rings. The second kappa shape index (κ2) is 6.91. The molecule has 1 amide bonds. The topological polar surface area (TPSA) is 67.9 Å². The number of hydrogen-bond donors (Lipinski definition) is 0. The van der Waals surface area contributed by atoms with Gasteiger partial charge >= 0.3 is 0 Å². The highest BCUT2D eigenvalue weighted by molar-refractivity contribution is 5.99. The van der Waals surface area contributed by atoms with Gasteiger partial charge in [0.1, 0.15) is 5.71 Å². The number of aromatic nitrogens is 1. The Hall–Kier alpha value is -2.89. The zero-order chi connectivity index (χ0) is 16.1. The number of pyridine rings is 1. The average Bonchev–Trinajstić information content (AvgIpc) is 3.26. The van der Waals surface area contributed by atoms with Crippen molar-refractivity contribution in [2.24, 2.45) is 5.16 Å². The fourth-order valence-electron chi connectivity index (χ4n) is 2.41. The summed E-state index contributed by atoms with van der Waals surface area (Å²) in [6.45, 7) is 4.52. The number of amides is 1. The molecule has 0 saturated heterocycles. The quantitative estimate of drug-likeness (QED) is 0.769. The number of carbonyl (C=O) groups excluding carboxylic acids is 1. The van der Waals surface area contributed by atoms with Crippen molar-refractivity contribution < 1.29 is 14.0 Å². The lowest BCUT2D eigenvalue weighted by molar-refractivity contribution is 0.0432. The number of rotatable bonds is 6. The summed E-state index contributed by atoms with van der Waals surface area (Å²) in [7, 11) is 0. The number of hydrogen-bond acceptors (Lipinski definition) is 5. The predicted octanol–water partition coefficient (Wildman–Crippen LogP) is 2.50. The summed E-state index contributed by atoms with van der Waals surface area (Å²) in [6, 6.07) is 8.98. The highest BCUT2D eigenvalue weighted by atomic mass is 16.6. The fourth-order valence-corrected chi connectivity index (χ4v) is 2.41. The summed E-state index contributed by atoms with van der Waals surface area (Å²) in [5.41, 5.74) is 1.59. The highest BCUT2D eigenvalue weighted by Crippen LogP contribution is 2.17. The predicted molar refractivity (Wildman–Crippen MR) is 85.1 cm³/mol. The van der Waals surface area contributed by atoms with Crippen LogP contribution in [0.15, 0.2) is 65.0 Å². The Bertz CT molecular complexity index is 695. The Balaban J connectivity index is 1.64. The van der Waals surface area contributed by atoms with Crippen molar-refractivity contribution in [1.82, 2.24) is 9.88 Å². The minimum absolute atomic E-state index is 0.190. The molecule has 6 heteroatoms. The number of carbonyl (C=O) groups is 1. The smallest absolute Gasteiger partial charge is 0.289 e. The molecule has 6 nitrogen and oxygen atoms in total. The van der Waals surface area contributed by atoms with Crippen LogP contribution in [0.5, 0.6) is 0 Å². The van der Waals surface area contributed by atoms with Crippen LogP contribution < -0.4 is 0 Å². The third-order valence-electron chi connectivity index (χ3n) is 3.49. The molecule has 0 saturated carbocycles. The van der Waals surface area contributed by atoms with Gasteiger partial charge in [-0.05, 0) is 24.3 Å². The fraction of sp³-hybridized carbons (Fsp3) is 0.235. The molecule has 0 spiro atoms. The minimum atomic E-state index is -0.203. The van der Waals surface area contributed by atoms with Crippen molar-refractivity contribution in [3.63, 3.8) is 0 Å². The summed E-state index contributed by atoms with van der Waals surface area (Å²) in [4.78, 5) is 23.8. The standard InChI is InChI=1S/C17H17N3O3/c1-2-9-20(17(21)16-7-5-10-22-16)12-13-11-15(19-23-13)14-6-3-4-8-18-14/h2-8,10,13H,1,9,11-12H2. The van der Waals surface area contributed by atoms with Crippen LogP contribution in [0.1, 0.15) is 22.7 Å². The van der Waals surface area contributed by atoms with Crippen molar-refractivity contribution in [3.8, 4) is 0 Å². The van der Waals surface area contributed by atoms with Gasteiger partial charge in [0.05, 0.1) is 18.5 Å². The van der Waals surface area contributed by atoms with Crippen LogP contribution in [0.2, 0.25) is 0 Å². The van der Waals surface area contributed by atoms with E-state index >= 15 is 0 Å². The van der Waals surface area contributed by atoms with Crippen LogP contribution in [-0.2, 0) is 4.84 Å². The Morgan fingerprint density at radius 2 is 2.30 bits per heavy atom. The lowest BCUT2D eigenvalue weighted by Gasteiger charge is -2.22. The first kappa shape index (κ1) is 15.0. The second-order valence-electron chi connectivity index (χ2n) is 5.16. The van der Waals surface area contributed by atoms with Gasteiger partial charge in [0.15, 0.2) is 11.9 Å². The van der Waals surface area contributed by atoms with Crippen LogP contribution in [0.3, 0.4) is 0 Å². The lowest BCUT2D eigenvalue weighted by Crippen LogP contribution is -2.37. The zero-order valence-electron chi connectivity index (χ0n) is 12.6. The van der Waals surface area contributed by atoms with E-state index in [0.29, 0.717) is 25.3 Å². The number of oxime groups is 1. The van der Waals surface area contributed by atoms with Crippen LogP contribution in [0.25, 0.3) is 0 Å². The van der Waals surface area contributed by atoms with E-state index in [1.807, 2.05) is 18.2 Å². The second-order valence-corrected chi connectivity index (χ2v) is 5.16. The molecule has 0 bridgehead atoms. The van der Waals surface area contributed by atoms with Gasteiger partial charge in [-0.1, -0.05) is 17.3 Å². The largest absolute Gasteiger partial charge is 0.459 e. The van der Waals surface area contributed by atoms with Crippen molar-refractivity contribution in [2.45, 2.75) is 12.5 Å². The van der Waals surface area contributed by atoms with Gasteiger partial charge in [-0.3, -0.25) is 9.78 Å². The van der Waals surface area contributed by atoms with E-state index in [9.17, 15) is 4.79 Å². The molecule has 3 rings (SSSR count). The van der Waals surface area contributed by atoms with Gasteiger partial charge in [-0.2, -0.15) is 0 Å². The van der Waals surface area contributed by atoms with Crippen LogP contribution >= 0.6 is 0 Å². The van der Waals surface area contributed by atoms with Crippen molar-refractivity contribution >= 4 is 11.6 Å². The molecule has 3 heterocycles. The van der Waals surface area contributed by atoms with Gasteiger partial charge in [0.25, 0.3) is 5.91 Å². The average molecular weight is 311 g/mol. The summed E-state index contributed by atoms with van der Waals surface area (Å²) >= 11 is 0. The minimum Gasteiger partial charge on any atom is -0.459 e. The van der Waals surface area contributed by atoms with Crippen molar-refractivity contribution in [2.75, 3.05) is 13.1 Å². The Morgan fingerprint density at radius 3 is 3.00 bits per heavy atom. The molecule has 1 aliphatic heterocycles. The molecule has 0 aliphatic carbocycles. The lowest BCUT2D eigenvalue weighted by atomic mass is 10.1. The summed E-state index contributed by atoms with van der Waals surface area (Å²) in [5, 5.41) is 4.09. The van der Waals surface area contributed by atoms with Crippen molar-refractivity contribution in [3.05, 3.63) is 66.9 Å². The van der Waals surface area contributed by atoms with Gasteiger partial charge in [0.2, 0.25) is 0 Å². The summed E-state index contributed by atoms with van der Waals surface area (Å²) in [5.74, 6) is 0.112. The van der Waals surface area contributed by atoms with Gasteiger partial charge in [-0.25, -0.2) is 0 Å². The van der Waals surface area contributed by atoms with E-state index in [2.05, 4.69) is 16.7 Å². The van der Waals surface area contributed by atoms with Crippen LogP contribution in [0, 0.1) is 0 Å². The molecule has 2 aromatic rings. The maximum Gasteiger partial charge on any atom is 0.289 e. The van der Waals surface area contributed by atoms with Gasteiger partial charge in [-0.15, -0.1) is 6.58 Å². The van der Waals surface area contributed by atoms with E-state index in [0.717, 1.165) is 11.4 Å². The maximum atomic E-state index is 12.4. The molecule has 1 atom stereocenters. The molecule has 0 fully saturated rings. The Morgan fingerprint density at radius 1 is 1.39 bits per heavy atom. The van der Waals surface area contributed by atoms with Gasteiger partial charge < -0.3 is 14.2 Å². The number of nitrogens with zero attached hydrogens (tertiary/aromatic N) is 3. The molecule has 0 N–H and O–H groups in total. The van der Waals surface area contributed by atoms with Crippen LogP contribution in [0.4, 0.5) is 0 Å². The monoisotopic (exact) mass is 311 g/mol. The van der Waals surface area contributed by atoms with Crippen LogP contribution in [-0.4, -0.2) is 40.7 Å². The molecule has 0 radical (unpaired) electrons. The number of furan rings is 1. The molecule has 1 unspecified atom stereocenters. The molecule has 23 heavy (non-hydrogen) atoms. The summed E-state index contributed by atoms with van der Waals surface area (Å²) < 4.78 is 5.17. The molecule has 118 valence electrons. The molecule has 2 aromatic heterocycles. The van der Waals surface area contributed by atoms with Crippen molar-refractivity contribution in [1.29, 1.82) is 0 Å². The van der Waals surface area contributed by atoms with E-state index < -0.39 is 0 Å². The van der Waals surface area contributed by atoms with E-state index in [4.69, 9.17) is 9.25 Å². The molecular weight excluding hydrogens is 294 g/mol. The van der Waals surface area contributed by atoms with E-state index in [1.165, 1.54) is 6.26 Å².